The number of piperidine rings is 1. The molecule has 1 aromatic rings. The summed E-state index contributed by atoms with van der Waals surface area (Å²) in [6.45, 7) is 9.45. The van der Waals surface area contributed by atoms with Gasteiger partial charge in [0.1, 0.15) is 5.75 Å². The Kier molecular flexibility index (Phi) is 6.52. The summed E-state index contributed by atoms with van der Waals surface area (Å²) in [5.74, 6) is 1.85. The third-order valence-corrected chi connectivity index (χ3v) is 4.50. The minimum Gasteiger partial charge on any atom is -0.497 e. The van der Waals surface area contributed by atoms with Gasteiger partial charge in [-0.3, -0.25) is 0 Å². The molecule has 1 aromatic carbocycles. The normalized spacial score (nSPS) is 18.6. The first kappa shape index (κ1) is 16.3. The number of nitrogens with zero attached hydrogens (tertiary/aromatic N) is 1. The number of methoxy groups -OCH3 is 1. The highest BCUT2D eigenvalue weighted by molar-refractivity contribution is 5.27. The van der Waals surface area contributed by atoms with Crippen LogP contribution >= 0.6 is 0 Å². The lowest BCUT2D eigenvalue weighted by molar-refractivity contribution is 0.191. The number of hydrogen-bond acceptors (Lipinski definition) is 3. The van der Waals surface area contributed by atoms with Gasteiger partial charge in [-0.1, -0.05) is 19.1 Å². The van der Waals surface area contributed by atoms with Crippen LogP contribution in [0, 0.1) is 5.92 Å². The Balaban J connectivity index is 1.63. The fourth-order valence-electron chi connectivity index (χ4n) is 2.94. The van der Waals surface area contributed by atoms with Gasteiger partial charge in [0.15, 0.2) is 0 Å². The first-order chi connectivity index (χ1) is 10.2. The zero-order valence-electron chi connectivity index (χ0n) is 13.8. The van der Waals surface area contributed by atoms with E-state index in [0.717, 1.165) is 24.6 Å². The van der Waals surface area contributed by atoms with Crippen LogP contribution in [0.3, 0.4) is 0 Å². The average Bonchev–Trinajstić information content (AvgIpc) is 2.50. The van der Waals surface area contributed by atoms with E-state index in [0.29, 0.717) is 6.04 Å². The van der Waals surface area contributed by atoms with E-state index >= 15 is 0 Å². The summed E-state index contributed by atoms with van der Waals surface area (Å²) in [6.07, 6.45) is 3.80. The van der Waals surface area contributed by atoms with Crippen LogP contribution in [-0.2, 0) is 6.42 Å². The molecule has 1 saturated heterocycles. The van der Waals surface area contributed by atoms with E-state index in [4.69, 9.17) is 4.74 Å². The number of rotatable bonds is 7. The first-order valence-corrected chi connectivity index (χ1v) is 8.26. The molecular formula is C18H30N2O. The lowest BCUT2D eigenvalue weighted by Gasteiger charge is -2.30. The number of hydrogen-bond donors (Lipinski definition) is 1. The molecule has 2 rings (SSSR count). The van der Waals surface area contributed by atoms with Gasteiger partial charge < -0.3 is 15.0 Å². The largest absolute Gasteiger partial charge is 0.497 e. The molecule has 0 bridgehead atoms. The lowest BCUT2D eigenvalue weighted by atomic mass is 9.99. The number of ether oxygens (including phenoxy) is 1. The standard InChI is InChI=1S/C18H30N2O/c1-15-8-11-20(12-9-15)13-10-19-16(2)14-17-4-6-18(21-3)7-5-17/h4-7,15-16,19H,8-14H2,1-3H3. The molecule has 0 amide bonds. The van der Waals surface area contributed by atoms with Crippen LogP contribution in [0.25, 0.3) is 0 Å². The van der Waals surface area contributed by atoms with Crippen LogP contribution in [0.4, 0.5) is 0 Å². The van der Waals surface area contributed by atoms with Gasteiger partial charge in [0.2, 0.25) is 0 Å². The summed E-state index contributed by atoms with van der Waals surface area (Å²) in [7, 11) is 1.71. The minimum atomic E-state index is 0.516. The van der Waals surface area contributed by atoms with Crippen molar-refractivity contribution < 1.29 is 4.74 Å². The molecule has 1 heterocycles. The van der Waals surface area contributed by atoms with Crippen molar-refractivity contribution in [2.45, 2.75) is 39.2 Å². The minimum absolute atomic E-state index is 0.516. The SMILES string of the molecule is COc1ccc(CC(C)NCCN2CCC(C)CC2)cc1. The maximum absolute atomic E-state index is 5.19. The fourth-order valence-corrected chi connectivity index (χ4v) is 2.94. The van der Waals surface area contributed by atoms with Gasteiger partial charge in [0.25, 0.3) is 0 Å². The second-order valence-corrected chi connectivity index (χ2v) is 6.43. The molecule has 0 radical (unpaired) electrons. The van der Waals surface area contributed by atoms with Crippen LogP contribution in [0.5, 0.6) is 5.75 Å². The number of nitrogens with one attached hydrogen (secondary N) is 1. The maximum Gasteiger partial charge on any atom is 0.118 e. The van der Waals surface area contributed by atoms with Gasteiger partial charge in [-0.25, -0.2) is 0 Å². The molecule has 3 nitrogen and oxygen atoms in total. The van der Waals surface area contributed by atoms with E-state index in [1.54, 1.807) is 7.11 Å². The molecule has 21 heavy (non-hydrogen) atoms. The molecule has 0 saturated carbocycles. The summed E-state index contributed by atoms with van der Waals surface area (Å²) in [5, 5.41) is 3.65. The van der Waals surface area contributed by atoms with Crippen molar-refractivity contribution in [3.63, 3.8) is 0 Å². The van der Waals surface area contributed by atoms with E-state index < -0.39 is 0 Å². The smallest absolute Gasteiger partial charge is 0.118 e. The Hall–Kier alpha value is -1.06. The molecular weight excluding hydrogens is 260 g/mol. The Bertz CT molecular complexity index is 396. The molecule has 0 aromatic heterocycles. The Morgan fingerprint density at radius 2 is 1.90 bits per heavy atom. The van der Waals surface area contributed by atoms with Gasteiger partial charge in [0.05, 0.1) is 7.11 Å². The highest BCUT2D eigenvalue weighted by atomic mass is 16.5. The van der Waals surface area contributed by atoms with E-state index in [-0.39, 0.29) is 0 Å². The van der Waals surface area contributed by atoms with E-state index in [9.17, 15) is 0 Å². The van der Waals surface area contributed by atoms with Crippen LogP contribution in [0.15, 0.2) is 24.3 Å². The Morgan fingerprint density at radius 3 is 2.52 bits per heavy atom. The topological polar surface area (TPSA) is 24.5 Å². The predicted molar refractivity (Wildman–Crippen MR) is 89.0 cm³/mol. The van der Waals surface area contributed by atoms with Crippen molar-refractivity contribution in [3.05, 3.63) is 29.8 Å². The second kappa shape index (κ2) is 8.40. The fraction of sp³-hybridized carbons (Fsp3) is 0.667. The van der Waals surface area contributed by atoms with Crippen molar-refractivity contribution in [3.8, 4) is 5.75 Å². The third kappa shape index (κ3) is 5.68. The molecule has 1 atom stereocenters. The average molecular weight is 290 g/mol. The van der Waals surface area contributed by atoms with Gasteiger partial charge in [-0.15, -0.1) is 0 Å². The molecule has 1 unspecified atom stereocenters. The summed E-state index contributed by atoms with van der Waals surface area (Å²) >= 11 is 0. The summed E-state index contributed by atoms with van der Waals surface area (Å²) in [5.41, 5.74) is 1.36. The monoisotopic (exact) mass is 290 g/mol. The highest BCUT2D eigenvalue weighted by Gasteiger charge is 2.15. The second-order valence-electron chi connectivity index (χ2n) is 6.43. The molecule has 1 aliphatic rings. The molecule has 1 fully saturated rings. The van der Waals surface area contributed by atoms with Crippen molar-refractivity contribution in [2.24, 2.45) is 5.92 Å². The van der Waals surface area contributed by atoms with Gasteiger partial charge >= 0.3 is 0 Å². The molecule has 0 spiro atoms. The first-order valence-electron chi connectivity index (χ1n) is 8.26. The van der Waals surface area contributed by atoms with Gasteiger partial charge in [-0.2, -0.15) is 0 Å². The molecule has 1 aliphatic heterocycles. The Labute approximate surface area is 129 Å². The summed E-state index contributed by atoms with van der Waals surface area (Å²) in [4.78, 5) is 2.59. The van der Waals surface area contributed by atoms with Crippen molar-refractivity contribution >= 4 is 0 Å². The summed E-state index contributed by atoms with van der Waals surface area (Å²) in [6, 6.07) is 8.90. The quantitative estimate of drug-likeness (QED) is 0.835. The van der Waals surface area contributed by atoms with Gasteiger partial charge in [0, 0.05) is 19.1 Å². The van der Waals surface area contributed by atoms with E-state index in [2.05, 4.69) is 36.2 Å². The molecule has 118 valence electrons. The molecule has 1 N–H and O–H groups in total. The van der Waals surface area contributed by atoms with Crippen LogP contribution < -0.4 is 10.1 Å². The van der Waals surface area contributed by atoms with Crippen molar-refractivity contribution in [1.29, 1.82) is 0 Å². The molecule has 0 aliphatic carbocycles. The van der Waals surface area contributed by atoms with Crippen LogP contribution in [0.2, 0.25) is 0 Å². The zero-order chi connectivity index (χ0) is 15.1. The van der Waals surface area contributed by atoms with Gasteiger partial charge in [-0.05, 0) is 62.9 Å². The molecule has 3 heteroatoms. The lowest BCUT2D eigenvalue weighted by Crippen LogP contribution is -2.40. The zero-order valence-corrected chi connectivity index (χ0v) is 13.8. The maximum atomic E-state index is 5.19. The van der Waals surface area contributed by atoms with Crippen LogP contribution in [-0.4, -0.2) is 44.2 Å². The van der Waals surface area contributed by atoms with Crippen LogP contribution in [0.1, 0.15) is 32.3 Å². The predicted octanol–water partition coefficient (Wildman–Crippen LogP) is 2.95. The number of likely N-dealkylation sites (tertiary alicyclic amines) is 1. The number of benzene rings is 1. The highest BCUT2D eigenvalue weighted by Crippen LogP contribution is 2.15. The van der Waals surface area contributed by atoms with E-state index in [1.165, 1.54) is 38.0 Å². The Morgan fingerprint density at radius 1 is 1.24 bits per heavy atom. The summed E-state index contributed by atoms with van der Waals surface area (Å²) < 4.78 is 5.19. The van der Waals surface area contributed by atoms with Crippen molar-refractivity contribution in [1.82, 2.24) is 10.2 Å². The third-order valence-electron chi connectivity index (χ3n) is 4.50. The van der Waals surface area contributed by atoms with Crippen molar-refractivity contribution in [2.75, 3.05) is 33.3 Å². The van der Waals surface area contributed by atoms with E-state index in [1.807, 2.05) is 12.1 Å².